The van der Waals surface area contributed by atoms with Gasteiger partial charge in [0, 0.05) is 6.54 Å². The summed E-state index contributed by atoms with van der Waals surface area (Å²) in [4.78, 5) is 26.5. The molecule has 0 saturated carbocycles. The number of carbonyl (C=O) groups excluding carboxylic acids is 2. The van der Waals surface area contributed by atoms with Gasteiger partial charge in [-0.1, -0.05) is 0 Å². The average molecular weight is 189 g/mol. The van der Waals surface area contributed by atoms with Crippen LogP contribution in [0.1, 0.15) is 13.8 Å². The largest absolute Gasteiger partial charge is 0.338 e. The molecule has 0 heterocycles. The molecule has 1 unspecified atom stereocenters. The van der Waals surface area contributed by atoms with E-state index in [0.29, 0.717) is 6.54 Å². The highest BCUT2D eigenvalue weighted by Crippen LogP contribution is 1.80. The molecule has 0 aliphatic heterocycles. The van der Waals surface area contributed by atoms with Gasteiger partial charge in [0.05, 0.1) is 7.11 Å². The first-order chi connectivity index (χ1) is 6.11. The predicted molar refractivity (Wildman–Crippen MR) is 46.8 cm³/mol. The third kappa shape index (κ3) is 5.15. The van der Waals surface area contributed by atoms with Gasteiger partial charge in [0.2, 0.25) is 5.91 Å². The fraction of sp³-hybridized carbons (Fsp3) is 0.714. The van der Waals surface area contributed by atoms with Crippen molar-refractivity contribution >= 4 is 11.9 Å². The molecule has 0 spiro atoms. The number of nitrogens with one attached hydrogen (secondary N) is 3. The van der Waals surface area contributed by atoms with Crippen LogP contribution in [-0.2, 0) is 9.63 Å². The number of imide groups is 1. The van der Waals surface area contributed by atoms with E-state index in [1.54, 1.807) is 13.8 Å². The Balaban J connectivity index is 3.78. The smallest absolute Gasteiger partial charge is 0.321 e. The van der Waals surface area contributed by atoms with Crippen LogP contribution in [0.2, 0.25) is 0 Å². The van der Waals surface area contributed by atoms with Crippen molar-refractivity contribution in [3.05, 3.63) is 0 Å². The van der Waals surface area contributed by atoms with Crippen LogP contribution in [0.15, 0.2) is 0 Å². The van der Waals surface area contributed by atoms with Gasteiger partial charge in [-0.15, -0.1) is 0 Å². The Morgan fingerprint density at radius 3 is 2.54 bits per heavy atom. The van der Waals surface area contributed by atoms with Gasteiger partial charge in [-0.3, -0.25) is 10.1 Å². The molecule has 6 nitrogen and oxygen atoms in total. The molecule has 13 heavy (non-hydrogen) atoms. The van der Waals surface area contributed by atoms with Crippen molar-refractivity contribution in [1.82, 2.24) is 16.1 Å². The van der Waals surface area contributed by atoms with Crippen LogP contribution in [-0.4, -0.2) is 31.6 Å². The molecule has 0 radical (unpaired) electrons. The van der Waals surface area contributed by atoms with Gasteiger partial charge in [0.25, 0.3) is 0 Å². The lowest BCUT2D eigenvalue weighted by Crippen LogP contribution is -2.47. The molecule has 0 aromatic heterocycles. The molecule has 6 heteroatoms. The zero-order chi connectivity index (χ0) is 10.3. The summed E-state index contributed by atoms with van der Waals surface area (Å²) < 4.78 is 0. The standard InChI is InChI=1S/C7H15N3O3/c1-4-8-7(12)9-6(11)5(2)10-13-3/h5,10H,4H2,1-3H3,(H2,8,9,11,12). The van der Waals surface area contributed by atoms with Gasteiger partial charge in [-0.2, -0.15) is 5.48 Å². The van der Waals surface area contributed by atoms with E-state index in [4.69, 9.17) is 0 Å². The summed E-state index contributed by atoms with van der Waals surface area (Å²) in [5.41, 5.74) is 2.40. The molecule has 0 fully saturated rings. The number of amides is 3. The molecule has 1 atom stereocenters. The van der Waals surface area contributed by atoms with E-state index in [1.165, 1.54) is 7.11 Å². The maximum Gasteiger partial charge on any atom is 0.321 e. The minimum atomic E-state index is -0.562. The SMILES string of the molecule is CCNC(=O)NC(=O)C(C)NOC. The van der Waals surface area contributed by atoms with Crippen LogP contribution < -0.4 is 16.1 Å². The van der Waals surface area contributed by atoms with Crippen LogP contribution in [0.5, 0.6) is 0 Å². The van der Waals surface area contributed by atoms with Gasteiger partial charge in [0.15, 0.2) is 0 Å². The Bertz CT molecular complexity index is 184. The Kier molecular flexibility index (Phi) is 5.82. The number of hydrogen-bond donors (Lipinski definition) is 3. The molecular formula is C7H15N3O3. The first-order valence-electron chi connectivity index (χ1n) is 3.99. The maximum atomic E-state index is 11.1. The van der Waals surface area contributed by atoms with E-state index in [2.05, 4.69) is 21.0 Å². The normalized spacial score (nSPS) is 11.9. The van der Waals surface area contributed by atoms with Crippen molar-refractivity contribution in [2.75, 3.05) is 13.7 Å². The molecule has 0 saturated heterocycles. The summed E-state index contributed by atoms with van der Waals surface area (Å²) in [6, 6.07) is -1.06. The van der Waals surface area contributed by atoms with Gasteiger partial charge >= 0.3 is 6.03 Å². The third-order valence-corrected chi connectivity index (χ3v) is 1.26. The van der Waals surface area contributed by atoms with E-state index in [9.17, 15) is 9.59 Å². The van der Waals surface area contributed by atoms with Crippen LogP contribution in [0.25, 0.3) is 0 Å². The molecular weight excluding hydrogens is 174 g/mol. The minimum Gasteiger partial charge on any atom is -0.338 e. The number of hydroxylamine groups is 1. The Morgan fingerprint density at radius 2 is 2.08 bits per heavy atom. The van der Waals surface area contributed by atoms with E-state index >= 15 is 0 Å². The molecule has 76 valence electrons. The van der Waals surface area contributed by atoms with Gasteiger partial charge in [0.1, 0.15) is 6.04 Å². The molecule has 0 aromatic carbocycles. The first kappa shape index (κ1) is 11.9. The third-order valence-electron chi connectivity index (χ3n) is 1.26. The first-order valence-corrected chi connectivity index (χ1v) is 3.99. The van der Waals surface area contributed by atoms with Gasteiger partial charge < -0.3 is 10.2 Å². The summed E-state index contributed by atoms with van der Waals surface area (Å²) in [5.74, 6) is -0.437. The second-order valence-corrected chi connectivity index (χ2v) is 2.39. The lowest BCUT2D eigenvalue weighted by Gasteiger charge is -2.11. The highest BCUT2D eigenvalue weighted by atomic mass is 16.6. The molecule has 3 N–H and O–H groups in total. The summed E-state index contributed by atoms with van der Waals surface area (Å²) >= 11 is 0. The highest BCUT2D eigenvalue weighted by Gasteiger charge is 2.14. The topological polar surface area (TPSA) is 79.5 Å². The van der Waals surface area contributed by atoms with E-state index in [1.807, 2.05) is 0 Å². The summed E-state index contributed by atoms with van der Waals surface area (Å²) in [6.45, 7) is 3.82. The zero-order valence-electron chi connectivity index (χ0n) is 8.01. The molecule has 0 aromatic rings. The number of urea groups is 1. The zero-order valence-corrected chi connectivity index (χ0v) is 8.01. The predicted octanol–water partition coefficient (Wildman–Crippen LogP) is -0.628. The van der Waals surface area contributed by atoms with Gasteiger partial charge in [-0.25, -0.2) is 4.79 Å². The molecule has 0 rings (SSSR count). The molecule has 0 bridgehead atoms. The molecule has 0 aliphatic carbocycles. The van der Waals surface area contributed by atoms with Crippen LogP contribution in [0.3, 0.4) is 0 Å². The van der Waals surface area contributed by atoms with E-state index in [-0.39, 0.29) is 0 Å². The molecule has 3 amide bonds. The average Bonchev–Trinajstić information content (AvgIpc) is 2.05. The van der Waals surface area contributed by atoms with Crippen molar-refractivity contribution in [2.45, 2.75) is 19.9 Å². The van der Waals surface area contributed by atoms with Gasteiger partial charge in [-0.05, 0) is 13.8 Å². The molecule has 0 aliphatic rings. The minimum absolute atomic E-state index is 0.437. The lowest BCUT2D eigenvalue weighted by atomic mass is 10.3. The second-order valence-electron chi connectivity index (χ2n) is 2.39. The quantitative estimate of drug-likeness (QED) is 0.514. The summed E-state index contributed by atoms with van der Waals surface area (Å²) in [5, 5.41) is 4.57. The summed E-state index contributed by atoms with van der Waals surface area (Å²) in [6.07, 6.45) is 0. The van der Waals surface area contributed by atoms with E-state index in [0.717, 1.165) is 0 Å². The fourth-order valence-corrected chi connectivity index (χ4v) is 0.655. The van der Waals surface area contributed by atoms with Crippen molar-refractivity contribution in [3.63, 3.8) is 0 Å². The fourth-order valence-electron chi connectivity index (χ4n) is 0.655. The van der Waals surface area contributed by atoms with Crippen molar-refractivity contribution in [3.8, 4) is 0 Å². The second kappa shape index (κ2) is 6.38. The highest BCUT2D eigenvalue weighted by molar-refractivity contribution is 5.96. The Labute approximate surface area is 77.0 Å². The van der Waals surface area contributed by atoms with Crippen molar-refractivity contribution in [1.29, 1.82) is 0 Å². The van der Waals surface area contributed by atoms with Crippen molar-refractivity contribution in [2.24, 2.45) is 0 Å². The number of carbonyl (C=O) groups is 2. The number of rotatable bonds is 4. The van der Waals surface area contributed by atoms with Crippen molar-refractivity contribution < 1.29 is 14.4 Å². The van der Waals surface area contributed by atoms with Crippen LogP contribution in [0, 0.1) is 0 Å². The van der Waals surface area contributed by atoms with Crippen LogP contribution >= 0.6 is 0 Å². The Hall–Kier alpha value is -1.14. The lowest BCUT2D eigenvalue weighted by molar-refractivity contribution is -0.124. The monoisotopic (exact) mass is 189 g/mol. The summed E-state index contributed by atoms with van der Waals surface area (Å²) in [7, 11) is 1.40. The number of hydrogen-bond acceptors (Lipinski definition) is 4. The Morgan fingerprint density at radius 1 is 1.46 bits per heavy atom. The van der Waals surface area contributed by atoms with E-state index < -0.39 is 18.0 Å². The maximum absolute atomic E-state index is 11.1. The van der Waals surface area contributed by atoms with Crippen LogP contribution in [0.4, 0.5) is 4.79 Å².